The second kappa shape index (κ2) is 4.92. The molecule has 0 aliphatic carbocycles. The van der Waals surface area contributed by atoms with Gasteiger partial charge in [0.05, 0.1) is 14.2 Å². The Hall–Kier alpha value is -1.29. The second-order valence-electron chi connectivity index (χ2n) is 4.89. The van der Waals surface area contributed by atoms with E-state index in [1.54, 1.807) is 0 Å². The van der Waals surface area contributed by atoms with E-state index in [2.05, 4.69) is 0 Å². The topological polar surface area (TPSA) is 44.5 Å². The van der Waals surface area contributed by atoms with Crippen molar-refractivity contribution in [1.29, 1.82) is 0 Å². The summed E-state index contributed by atoms with van der Waals surface area (Å²) >= 11 is 0. The molecule has 1 aromatic rings. The first-order valence-electron chi connectivity index (χ1n) is 5.49. The highest BCUT2D eigenvalue weighted by Gasteiger charge is 2.22. The summed E-state index contributed by atoms with van der Waals surface area (Å²) in [5.74, 6) is 0.154. The first-order valence-corrected chi connectivity index (χ1v) is 5.49. The molecule has 0 fully saturated rings. The minimum absolute atomic E-state index is 0.136. The molecule has 0 amide bonds. The Balaban J connectivity index is 3.37. The first kappa shape index (κ1) is 13.8. The van der Waals surface area contributed by atoms with Crippen molar-refractivity contribution in [3.8, 4) is 11.5 Å². The van der Waals surface area contributed by atoms with Crippen LogP contribution in [-0.2, 0) is 6.42 Å². The molecule has 96 valence electrons. The van der Waals surface area contributed by atoms with Crippen LogP contribution in [0, 0.1) is 12.7 Å². The molecule has 2 N–H and O–H groups in total. The number of aryl methyl sites for hydroxylation is 1. The molecule has 0 aliphatic heterocycles. The molecule has 17 heavy (non-hydrogen) atoms. The summed E-state index contributed by atoms with van der Waals surface area (Å²) in [7, 11) is 2.93. The molecule has 0 spiro atoms. The normalized spacial score (nSPS) is 11.5. The van der Waals surface area contributed by atoms with Crippen molar-refractivity contribution in [2.75, 3.05) is 14.2 Å². The molecule has 0 atom stereocenters. The summed E-state index contributed by atoms with van der Waals surface area (Å²) in [5, 5.41) is 0. The summed E-state index contributed by atoms with van der Waals surface area (Å²) in [6.07, 6.45) is 0.596. The van der Waals surface area contributed by atoms with Gasteiger partial charge in [-0.1, -0.05) is 0 Å². The molecule has 0 saturated carbocycles. The Morgan fingerprint density at radius 2 is 1.76 bits per heavy atom. The van der Waals surface area contributed by atoms with E-state index in [-0.39, 0.29) is 11.3 Å². The van der Waals surface area contributed by atoms with E-state index in [0.717, 1.165) is 11.1 Å². The van der Waals surface area contributed by atoms with Gasteiger partial charge in [0.2, 0.25) is 0 Å². The van der Waals surface area contributed by atoms with Gasteiger partial charge < -0.3 is 15.2 Å². The summed E-state index contributed by atoms with van der Waals surface area (Å²) in [5.41, 5.74) is 7.32. The van der Waals surface area contributed by atoms with E-state index in [9.17, 15) is 4.39 Å². The zero-order chi connectivity index (χ0) is 13.2. The molecule has 0 aromatic heterocycles. The minimum Gasteiger partial charge on any atom is -0.492 e. The van der Waals surface area contributed by atoms with Gasteiger partial charge in [0.15, 0.2) is 17.3 Å². The Morgan fingerprint density at radius 3 is 2.18 bits per heavy atom. The molecule has 0 saturated heterocycles. The molecule has 0 aliphatic rings. The van der Waals surface area contributed by atoms with E-state index in [0.29, 0.717) is 12.2 Å². The molecule has 1 aromatic carbocycles. The van der Waals surface area contributed by atoms with Crippen LogP contribution in [0.25, 0.3) is 0 Å². The van der Waals surface area contributed by atoms with Crippen molar-refractivity contribution >= 4 is 0 Å². The Bertz CT molecular complexity index is 411. The van der Waals surface area contributed by atoms with E-state index < -0.39 is 5.82 Å². The van der Waals surface area contributed by atoms with E-state index in [1.807, 2.05) is 20.8 Å². The van der Waals surface area contributed by atoms with Gasteiger partial charge in [-0.05, 0) is 38.8 Å². The van der Waals surface area contributed by atoms with Gasteiger partial charge in [-0.25, -0.2) is 4.39 Å². The van der Waals surface area contributed by atoms with Gasteiger partial charge in [0.1, 0.15) is 0 Å². The monoisotopic (exact) mass is 241 g/mol. The average molecular weight is 241 g/mol. The average Bonchev–Trinajstić information content (AvgIpc) is 2.19. The summed E-state index contributed by atoms with van der Waals surface area (Å²) in [6.45, 7) is 5.68. The Kier molecular flexibility index (Phi) is 3.98. The molecular weight excluding hydrogens is 221 g/mol. The lowest BCUT2D eigenvalue weighted by molar-refractivity contribution is 0.331. The minimum atomic E-state index is -0.416. The molecule has 0 bridgehead atoms. The molecule has 0 radical (unpaired) electrons. The maximum Gasteiger partial charge on any atom is 0.197 e. The maximum atomic E-state index is 13.7. The van der Waals surface area contributed by atoms with Crippen LogP contribution in [0.5, 0.6) is 11.5 Å². The number of benzene rings is 1. The lowest BCUT2D eigenvalue weighted by atomic mass is 9.92. The van der Waals surface area contributed by atoms with Crippen molar-refractivity contribution in [3.05, 3.63) is 23.0 Å². The van der Waals surface area contributed by atoms with Crippen LogP contribution in [0.3, 0.4) is 0 Å². The number of hydrogen-bond acceptors (Lipinski definition) is 3. The number of methoxy groups -OCH3 is 2. The predicted octanol–water partition coefficient (Wildman–Crippen LogP) is 2.43. The lowest BCUT2D eigenvalue weighted by Gasteiger charge is -2.23. The molecule has 0 unspecified atom stereocenters. The van der Waals surface area contributed by atoms with Crippen LogP contribution in [0.15, 0.2) is 6.07 Å². The van der Waals surface area contributed by atoms with Gasteiger partial charge in [0.25, 0.3) is 0 Å². The van der Waals surface area contributed by atoms with Crippen LogP contribution in [0.4, 0.5) is 4.39 Å². The van der Waals surface area contributed by atoms with Crippen molar-refractivity contribution in [2.45, 2.75) is 32.7 Å². The molecule has 4 heteroatoms. The fourth-order valence-electron chi connectivity index (χ4n) is 1.85. The summed E-state index contributed by atoms with van der Waals surface area (Å²) in [6, 6.07) is 1.45. The highest BCUT2D eigenvalue weighted by Crippen LogP contribution is 2.37. The third-order valence-corrected chi connectivity index (χ3v) is 2.56. The fourth-order valence-corrected chi connectivity index (χ4v) is 1.85. The van der Waals surface area contributed by atoms with Crippen molar-refractivity contribution in [1.82, 2.24) is 0 Å². The highest BCUT2D eigenvalue weighted by molar-refractivity contribution is 5.52. The summed E-state index contributed by atoms with van der Waals surface area (Å²) in [4.78, 5) is 0. The Labute approximate surface area is 102 Å². The SMILES string of the molecule is COc1c(F)cc(C)c(CC(C)(C)N)c1OC. The zero-order valence-electron chi connectivity index (χ0n) is 11.1. The largest absolute Gasteiger partial charge is 0.492 e. The summed E-state index contributed by atoms with van der Waals surface area (Å²) < 4.78 is 24.0. The zero-order valence-corrected chi connectivity index (χ0v) is 11.1. The Morgan fingerprint density at radius 1 is 1.24 bits per heavy atom. The lowest BCUT2D eigenvalue weighted by Crippen LogP contribution is -2.34. The molecule has 1 rings (SSSR count). The van der Waals surface area contributed by atoms with Gasteiger partial charge >= 0.3 is 0 Å². The molecule has 3 nitrogen and oxygen atoms in total. The van der Waals surface area contributed by atoms with Gasteiger partial charge in [0, 0.05) is 11.1 Å². The van der Waals surface area contributed by atoms with E-state index >= 15 is 0 Å². The fraction of sp³-hybridized carbons (Fsp3) is 0.538. The van der Waals surface area contributed by atoms with Gasteiger partial charge in [-0.3, -0.25) is 0 Å². The third-order valence-electron chi connectivity index (χ3n) is 2.56. The van der Waals surface area contributed by atoms with Crippen LogP contribution >= 0.6 is 0 Å². The van der Waals surface area contributed by atoms with Gasteiger partial charge in [-0.15, -0.1) is 0 Å². The second-order valence-corrected chi connectivity index (χ2v) is 4.89. The van der Waals surface area contributed by atoms with Crippen molar-refractivity contribution in [2.24, 2.45) is 5.73 Å². The third kappa shape index (κ3) is 3.09. The standard InChI is InChI=1S/C13H20FNO2/c1-8-6-10(14)12(17-5)11(16-4)9(8)7-13(2,3)15/h6H,7,15H2,1-5H3. The number of halogens is 1. The maximum absolute atomic E-state index is 13.7. The van der Waals surface area contributed by atoms with Crippen LogP contribution < -0.4 is 15.2 Å². The van der Waals surface area contributed by atoms with Crippen molar-refractivity contribution < 1.29 is 13.9 Å². The quantitative estimate of drug-likeness (QED) is 0.880. The molecular formula is C13H20FNO2. The molecule has 0 heterocycles. The van der Waals surface area contributed by atoms with Crippen LogP contribution in [0.1, 0.15) is 25.0 Å². The predicted molar refractivity (Wildman–Crippen MR) is 66.2 cm³/mol. The van der Waals surface area contributed by atoms with Crippen molar-refractivity contribution in [3.63, 3.8) is 0 Å². The number of ether oxygens (including phenoxy) is 2. The highest BCUT2D eigenvalue weighted by atomic mass is 19.1. The number of nitrogens with two attached hydrogens (primary N) is 1. The van der Waals surface area contributed by atoms with Crippen LogP contribution in [-0.4, -0.2) is 19.8 Å². The van der Waals surface area contributed by atoms with Gasteiger partial charge in [-0.2, -0.15) is 0 Å². The first-order chi connectivity index (χ1) is 7.80. The van der Waals surface area contributed by atoms with E-state index in [1.165, 1.54) is 20.3 Å². The smallest absolute Gasteiger partial charge is 0.197 e. The van der Waals surface area contributed by atoms with Crippen LogP contribution in [0.2, 0.25) is 0 Å². The number of hydrogen-bond donors (Lipinski definition) is 1. The van der Waals surface area contributed by atoms with E-state index in [4.69, 9.17) is 15.2 Å². The number of rotatable bonds is 4.